The fourth-order valence-electron chi connectivity index (χ4n) is 0.695. The van der Waals surface area contributed by atoms with Crippen LogP contribution in [0, 0.1) is 0 Å². The van der Waals surface area contributed by atoms with Crippen LogP contribution in [0.5, 0.6) is 0 Å². The van der Waals surface area contributed by atoms with Crippen LogP contribution < -0.4 is 5.73 Å². The lowest BCUT2D eigenvalue weighted by atomic mass is 10.2. The Balaban J connectivity index is -0.000000246. The van der Waals surface area contributed by atoms with Gasteiger partial charge in [-0.25, -0.2) is 4.79 Å². The Labute approximate surface area is 117 Å². The molecule has 0 unspecified atom stereocenters. The van der Waals surface area contributed by atoms with Gasteiger partial charge in [0.2, 0.25) is 0 Å². The molecule has 0 aliphatic rings. The lowest BCUT2D eigenvalue weighted by molar-refractivity contribution is -0.139. The fraction of sp³-hybridized carbons (Fsp3) is 0.727. The molecule has 0 aromatic carbocycles. The van der Waals surface area contributed by atoms with E-state index in [1.807, 2.05) is 0 Å². The van der Waals surface area contributed by atoms with E-state index in [0.29, 0.717) is 19.4 Å². The zero-order valence-corrected chi connectivity index (χ0v) is 11.4. The minimum atomic E-state index is -0.870. The Morgan fingerprint density at radius 3 is 1.40 bits per heavy atom. The minimum Gasteiger partial charge on any atom is -0.481 e. The SMILES string of the molecule is CCOC(N)=O.O=C(O)CCCCC(=O)O.OCCO. The van der Waals surface area contributed by atoms with Crippen molar-refractivity contribution in [2.45, 2.75) is 32.6 Å². The van der Waals surface area contributed by atoms with Crippen molar-refractivity contribution in [2.24, 2.45) is 5.73 Å². The van der Waals surface area contributed by atoms with Crippen molar-refractivity contribution in [3.05, 3.63) is 0 Å². The third-order valence-electron chi connectivity index (χ3n) is 1.42. The first kappa shape index (κ1) is 23.2. The molecule has 9 nitrogen and oxygen atoms in total. The molecule has 0 bridgehead atoms. The first-order valence-electron chi connectivity index (χ1n) is 5.89. The highest BCUT2D eigenvalue weighted by molar-refractivity contribution is 5.67. The maximum absolute atomic E-state index is 9.90. The molecule has 0 saturated carbocycles. The third kappa shape index (κ3) is 44.3. The maximum Gasteiger partial charge on any atom is 0.404 e. The lowest BCUT2D eigenvalue weighted by Gasteiger charge is -1.92. The Morgan fingerprint density at radius 1 is 0.950 bits per heavy atom. The number of unbranched alkanes of at least 4 members (excludes halogenated alkanes) is 1. The number of ether oxygens (including phenoxy) is 1. The second-order valence-corrected chi connectivity index (χ2v) is 3.19. The van der Waals surface area contributed by atoms with E-state index in [0.717, 1.165) is 0 Å². The van der Waals surface area contributed by atoms with Crippen LogP contribution in [0.4, 0.5) is 4.79 Å². The number of carbonyl (C=O) groups excluding carboxylic acids is 1. The van der Waals surface area contributed by atoms with Gasteiger partial charge in [0.15, 0.2) is 0 Å². The number of aliphatic hydroxyl groups excluding tert-OH is 2. The molecule has 0 heterocycles. The molecule has 6 N–H and O–H groups in total. The number of carboxylic acids is 2. The van der Waals surface area contributed by atoms with Gasteiger partial charge in [-0.2, -0.15) is 0 Å². The molecule has 9 heteroatoms. The summed E-state index contributed by atoms with van der Waals surface area (Å²) in [5.41, 5.74) is 4.54. The number of nitrogens with two attached hydrogens (primary N) is 1. The van der Waals surface area contributed by atoms with Crippen LogP contribution in [-0.4, -0.2) is 58.3 Å². The van der Waals surface area contributed by atoms with Crippen molar-refractivity contribution in [1.29, 1.82) is 0 Å². The van der Waals surface area contributed by atoms with Crippen molar-refractivity contribution in [3.63, 3.8) is 0 Å². The van der Waals surface area contributed by atoms with Crippen LogP contribution in [0.2, 0.25) is 0 Å². The number of hydrogen-bond donors (Lipinski definition) is 5. The van der Waals surface area contributed by atoms with E-state index in [-0.39, 0.29) is 26.1 Å². The van der Waals surface area contributed by atoms with E-state index >= 15 is 0 Å². The Kier molecular flexibility index (Phi) is 22.6. The molecule has 0 aliphatic carbocycles. The molecule has 0 aliphatic heterocycles. The number of aliphatic carboxylic acids is 2. The number of carbonyl (C=O) groups is 3. The van der Waals surface area contributed by atoms with E-state index < -0.39 is 18.0 Å². The molecule has 0 spiro atoms. The van der Waals surface area contributed by atoms with Gasteiger partial charge in [-0.05, 0) is 19.8 Å². The van der Waals surface area contributed by atoms with Gasteiger partial charge in [0.1, 0.15) is 0 Å². The van der Waals surface area contributed by atoms with E-state index in [4.69, 9.17) is 20.4 Å². The van der Waals surface area contributed by atoms with Gasteiger partial charge < -0.3 is 30.9 Å². The number of amides is 1. The molecule has 1 amide bonds. The van der Waals surface area contributed by atoms with Crippen molar-refractivity contribution in [3.8, 4) is 0 Å². The summed E-state index contributed by atoms with van der Waals surface area (Å²) in [6.45, 7) is 1.81. The summed E-state index contributed by atoms with van der Waals surface area (Å²) in [6, 6.07) is 0. The number of primary amides is 1. The molecule has 0 aromatic heterocycles. The van der Waals surface area contributed by atoms with Crippen LogP contribution >= 0.6 is 0 Å². The lowest BCUT2D eigenvalue weighted by Crippen LogP contribution is -2.11. The highest BCUT2D eigenvalue weighted by Gasteiger charge is 1.99. The van der Waals surface area contributed by atoms with Crippen molar-refractivity contribution < 1.29 is 39.5 Å². The molecule has 0 atom stereocenters. The predicted octanol–water partition coefficient (Wildman–Crippen LogP) is -0.211. The third-order valence-corrected chi connectivity index (χ3v) is 1.42. The Hall–Kier alpha value is -1.87. The molecule has 0 rings (SSSR count). The summed E-state index contributed by atoms with van der Waals surface area (Å²) < 4.78 is 4.18. The van der Waals surface area contributed by atoms with Gasteiger partial charge in [-0.15, -0.1) is 0 Å². The smallest absolute Gasteiger partial charge is 0.404 e. The maximum atomic E-state index is 9.90. The zero-order chi connectivity index (χ0) is 16.4. The average Bonchev–Trinajstić information content (AvgIpc) is 2.35. The van der Waals surface area contributed by atoms with Crippen molar-refractivity contribution in [2.75, 3.05) is 19.8 Å². The normalized spacial score (nSPS) is 8.35. The number of aliphatic hydroxyl groups is 2. The summed E-state index contributed by atoms with van der Waals surface area (Å²) in [5.74, 6) is -1.74. The topological polar surface area (TPSA) is 167 Å². The molecule has 0 radical (unpaired) electrons. The second kappa shape index (κ2) is 19.5. The summed E-state index contributed by atoms with van der Waals surface area (Å²) in [6.07, 6.45) is 0.307. The van der Waals surface area contributed by atoms with Gasteiger partial charge in [0, 0.05) is 12.8 Å². The standard InChI is InChI=1S/C6H10O4.C3H7NO2.C2H6O2/c7-5(8)3-1-2-4-6(9)10;1-2-6-3(4)5;3-1-2-4/h1-4H2,(H,7,8)(H,9,10);2H2,1H3,(H2,4,5);3-4H,1-2H2. The second-order valence-electron chi connectivity index (χ2n) is 3.19. The molecule has 20 heavy (non-hydrogen) atoms. The summed E-state index contributed by atoms with van der Waals surface area (Å²) in [7, 11) is 0. The highest BCUT2D eigenvalue weighted by Crippen LogP contribution is 1.98. The predicted molar refractivity (Wildman–Crippen MR) is 69.1 cm³/mol. The van der Waals surface area contributed by atoms with Gasteiger partial charge in [-0.1, -0.05) is 0 Å². The Bertz CT molecular complexity index is 239. The average molecular weight is 297 g/mol. The molecular formula is C11H23NO8. The minimum absolute atomic E-state index is 0.0628. The largest absolute Gasteiger partial charge is 0.481 e. The summed E-state index contributed by atoms with van der Waals surface area (Å²) in [4.78, 5) is 29.4. The van der Waals surface area contributed by atoms with Crippen LogP contribution in [0.3, 0.4) is 0 Å². The summed E-state index contributed by atoms with van der Waals surface area (Å²) in [5, 5.41) is 31.5. The first-order valence-corrected chi connectivity index (χ1v) is 5.89. The monoisotopic (exact) mass is 297 g/mol. The number of rotatable bonds is 7. The molecule has 0 saturated heterocycles. The Morgan fingerprint density at radius 2 is 1.30 bits per heavy atom. The first-order chi connectivity index (χ1) is 9.31. The molecular weight excluding hydrogens is 274 g/mol. The zero-order valence-electron chi connectivity index (χ0n) is 11.4. The fourth-order valence-corrected chi connectivity index (χ4v) is 0.695. The van der Waals surface area contributed by atoms with Gasteiger partial charge in [0.25, 0.3) is 0 Å². The van der Waals surface area contributed by atoms with E-state index in [1.165, 1.54) is 0 Å². The van der Waals surface area contributed by atoms with Crippen LogP contribution in [-0.2, 0) is 14.3 Å². The van der Waals surface area contributed by atoms with Crippen molar-refractivity contribution in [1.82, 2.24) is 0 Å². The molecule has 120 valence electrons. The van der Waals surface area contributed by atoms with E-state index in [2.05, 4.69) is 10.5 Å². The van der Waals surface area contributed by atoms with Crippen molar-refractivity contribution >= 4 is 18.0 Å². The van der Waals surface area contributed by atoms with Gasteiger partial charge in [-0.3, -0.25) is 9.59 Å². The molecule has 0 aromatic rings. The van der Waals surface area contributed by atoms with E-state index in [1.54, 1.807) is 6.92 Å². The quantitative estimate of drug-likeness (QED) is 0.402. The van der Waals surface area contributed by atoms with Crippen LogP contribution in [0.15, 0.2) is 0 Å². The van der Waals surface area contributed by atoms with E-state index in [9.17, 15) is 14.4 Å². The number of carboxylic acid groups (broad SMARTS) is 2. The highest BCUT2D eigenvalue weighted by atomic mass is 16.5. The van der Waals surface area contributed by atoms with Crippen LogP contribution in [0.25, 0.3) is 0 Å². The summed E-state index contributed by atoms with van der Waals surface area (Å²) >= 11 is 0. The number of hydrogen-bond acceptors (Lipinski definition) is 6. The van der Waals surface area contributed by atoms with Crippen LogP contribution in [0.1, 0.15) is 32.6 Å². The molecule has 0 fully saturated rings. The van der Waals surface area contributed by atoms with Gasteiger partial charge in [0.05, 0.1) is 19.8 Å². The van der Waals surface area contributed by atoms with Gasteiger partial charge >= 0.3 is 18.0 Å².